The Morgan fingerprint density at radius 2 is 2.45 bits per heavy atom. The maximum Gasteiger partial charge on any atom is 0.0585 e. The Morgan fingerprint density at radius 3 is 3.00 bits per heavy atom. The molecule has 61 valence electrons. The molecule has 11 heavy (non-hydrogen) atoms. The monoisotopic (exact) mass is 152 g/mol. The molecule has 0 aliphatic heterocycles. The van der Waals surface area contributed by atoms with Crippen LogP contribution in [0.5, 0.6) is 0 Å². The molecular formula is C9H14NO. The highest BCUT2D eigenvalue weighted by Gasteiger charge is 2.03. The van der Waals surface area contributed by atoms with E-state index in [4.69, 9.17) is 10.8 Å². The van der Waals surface area contributed by atoms with E-state index in [2.05, 4.69) is 12.5 Å². The van der Waals surface area contributed by atoms with Crippen LogP contribution in [0.4, 0.5) is 0 Å². The zero-order valence-electron chi connectivity index (χ0n) is 6.53. The van der Waals surface area contributed by atoms with E-state index < -0.39 is 0 Å². The molecule has 1 rings (SSSR count). The van der Waals surface area contributed by atoms with Gasteiger partial charge in [0.05, 0.1) is 6.61 Å². The molecule has 3 N–H and O–H groups in total. The minimum absolute atomic E-state index is 0.0644. The molecule has 0 fully saturated rings. The van der Waals surface area contributed by atoms with Crippen LogP contribution < -0.4 is 5.73 Å². The van der Waals surface area contributed by atoms with E-state index in [-0.39, 0.29) is 12.6 Å². The topological polar surface area (TPSA) is 46.2 Å². The normalized spacial score (nSPS) is 19.6. The van der Waals surface area contributed by atoms with Crippen molar-refractivity contribution in [3.8, 4) is 0 Å². The Bertz CT molecular complexity index is 172. The summed E-state index contributed by atoms with van der Waals surface area (Å²) in [5.41, 5.74) is 6.80. The summed E-state index contributed by atoms with van der Waals surface area (Å²) in [6.45, 7) is 0.0644. The first-order valence-corrected chi connectivity index (χ1v) is 3.88. The molecule has 0 heterocycles. The number of hydrogen-bond donors (Lipinski definition) is 2. The lowest BCUT2D eigenvalue weighted by Gasteiger charge is -2.10. The summed E-state index contributed by atoms with van der Waals surface area (Å²) < 4.78 is 0. The Balaban J connectivity index is 2.36. The third-order valence-electron chi connectivity index (χ3n) is 1.69. The van der Waals surface area contributed by atoms with Gasteiger partial charge >= 0.3 is 0 Å². The summed E-state index contributed by atoms with van der Waals surface area (Å²) in [6.07, 6.45) is 10.1. The van der Waals surface area contributed by atoms with Crippen LogP contribution in [0.1, 0.15) is 12.8 Å². The lowest BCUT2D eigenvalue weighted by molar-refractivity contribution is 0.265. The van der Waals surface area contributed by atoms with Gasteiger partial charge in [-0.2, -0.15) is 0 Å². The molecule has 0 saturated heterocycles. The van der Waals surface area contributed by atoms with E-state index >= 15 is 0 Å². The van der Waals surface area contributed by atoms with Gasteiger partial charge in [-0.25, -0.2) is 0 Å². The molecule has 2 heteroatoms. The maximum atomic E-state index is 8.68. The van der Waals surface area contributed by atoms with Gasteiger partial charge < -0.3 is 10.8 Å². The SMILES string of the molecule is N[C@@H](CO)CC1=CC[CH]C=C1. The van der Waals surface area contributed by atoms with Crippen LogP contribution in [-0.4, -0.2) is 17.8 Å². The van der Waals surface area contributed by atoms with Gasteiger partial charge in [0, 0.05) is 6.04 Å². The Kier molecular flexibility index (Phi) is 3.33. The molecule has 0 amide bonds. The van der Waals surface area contributed by atoms with E-state index in [1.807, 2.05) is 12.2 Å². The van der Waals surface area contributed by atoms with Crippen molar-refractivity contribution in [3.05, 3.63) is 30.2 Å². The molecule has 0 aromatic carbocycles. The van der Waals surface area contributed by atoms with E-state index in [1.54, 1.807) is 0 Å². The third kappa shape index (κ3) is 2.87. The Labute approximate surface area is 67.4 Å². The molecule has 0 saturated carbocycles. The average molecular weight is 152 g/mol. The summed E-state index contributed by atoms with van der Waals surface area (Å²) in [5, 5.41) is 8.68. The van der Waals surface area contributed by atoms with Gasteiger partial charge in [-0.1, -0.05) is 23.8 Å². The highest BCUT2D eigenvalue weighted by atomic mass is 16.3. The minimum Gasteiger partial charge on any atom is -0.395 e. The fourth-order valence-electron chi connectivity index (χ4n) is 1.08. The number of hydrogen-bond acceptors (Lipinski definition) is 2. The van der Waals surface area contributed by atoms with Crippen LogP contribution in [-0.2, 0) is 0 Å². The zero-order valence-corrected chi connectivity index (χ0v) is 6.53. The molecule has 0 unspecified atom stereocenters. The smallest absolute Gasteiger partial charge is 0.0585 e. The highest BCUT2D eigenvalue weighted by molar-refractivity contribution is 5.26. The maximum absolute atomic E-state index is 8.68. The standard InChI is InChI=1S/C9H14NO/c10-9(7-11)6-8-4-2-1-3-5-8/h1-2,4-5,9,11H,3,6-7,10H2/t9-/m1/s1. The predicted molar refractivity (Wildman–Crippen MR) is 45.8 cm³/mol. The minimum atomic E-state index is -0.107. The second kappa shape index (κ2) is 4.31. The first kappa shape index (κ1) is 8.50. The quantitative estimate of drug-likeness (QED) is 0.628. The fraction of sp³-hybridized carbons (Fsp3) is 0.444. The molecule has 2 nitrogen and oxygen atoms in total. The van der Waals surface area contributed by atoms with Gasteiger partial charge in [-0.15, -0.1) is 0 Å². The van der Waals surface area contributed by atoms with Crippen LogP contribution >= 0.6 is 0 Å². The molecule has 0 bridgehead atoms. The first-order valence-electron chi connectivity index (χ1n) is 3.88. The summed E-state index contributed by atoms with van der Waals surface area (Å²) in [6, 6.07) is -0.107. The van der Waals surface area contributed by atoms with Crippen molar-refractivity contribution in [3.63, 3.8) is 0 Å². The van der Waals surface area contributed by atoms with Crippen molar-refractivity contribution in [1.29, 1.82) is 0 Å². The second-order valence-electron chi connectivity index (χ2n) is 2.76. The third-order valence-corrected chi connectivity index (χ3v) is 1.69. The largest absolute Gasteiger partial charge is 0.395 e. The van der Waals surface area contributed by atoms with Crippen LogP contribution in [0.3, 0.4) is 0 Å². The van der Waals surface area contributed by atoms with Gasteiger partial charge in [0.25, 0.3) is 0 Å². The van der Waals surface area contributed by atoms with E-state index in [9.17, 15) is 0 Å². The van der Waals surface area contributed by atoms with Crippen molar-refractivity contribution >= 4 is 0 Å². The van der Waals surface area contributed by atoms with E-state index in [0.717, 1.165) is 12.8 Å². The first-order chi connectivity index (χ1) is 5.33. The molecule has 0 spiro atoms. The number of nitrogens with two attached hydrogens (primary N) is 1. The number of aliphatic hydroxyl groups excluding tert-OH is 1. The van der Waals surface area contributed by atoms with Gasteiger partial charge in [0.15, 0.2) is 0 Å². The predicted octanol–water partition coefficient (Wildman–Crippen LogP) is 0.787. The van der Waals surface area contributed by atoms with Crippen molar-refractivity contribution in [2.75, 3.05) is 6.61 Å². The van der Waals surface area contributed by atoms with Crippen molar-refractivity contribution in [2.45, 2.75) is 18.9 Å². The van der Waals surface area contributed by atoms with Crippen LogP contribution in [0.2, 0.25) is 0 Å². The number of allylic oxidation sites excluding steroid dienone is 3. The number of rotatable bonds is 3. The van der Waals surface area contributed by atoms with Crippen LogP contribution in [0, 0.1) is 6.42 Å². The lowest BCUT2D eigenvalue weighted by Crippen LogP contribution is -2.24. The van der Waals surface area contributed by atoms with E-state index in [1.165, 1.54) is 5.57 Å². The molecule has 1 radical (unpaired) electrons. The van der Waals surface area contributed by atoms with Crippen LogP contribution in [0.25, 0.3) is 0 Å². The summed E-state index contributed by atoms with van der Waals surface area (Å²) in [5.74, 6) is 0. The van der Waals surface area contributed by atoms with Crippen molar-refractivity contribution < 1.29 is 5.11 Å². The lowest BCUT2D eigenvalue weighted by atomic mass is 10.0. The van der Waals surface area contributed by atoms with Gasteiger partial charge in [-0.3, -0.25) is 0 Å². The highest BCUT2D eigenvalue weighted by Crippen LogP contribution is 2.13. The second-order valence-corrected chi connectivity index (χ2v) is 2.76. The Morgan fingerprint density at radius 1 is 1.64 bits per heavy atom. The molecule has 0 aromatic rings. The zero-order chi connectivity index (χ0) is 8.10. The Hall–Kier alpha value is -0.600. The van der Waals surface area contributed by atoms with Gasteiger partial charge in [0.2, 0.25) is 0 Å². The molecular weight excluding hydrogens is 138 g/mol. The van der Waals surface area contributed by atoms with Crippen LogP contribution in [0.15, 0.2) is 23.8 Å². The fourth-order valence-corrected chi connectivity index (χ4v) is 1.08. The molecule has 1 aliphatic rings. The van der Waals surface area contributed by atoms with Crippen molar-refractivity contribution in [1.82, 2.24) is 0 Å². The van der Waals surface area contributed by atoms with Gasteiger partial charge in [0.1, 0.15) is 0 Å². The van der Waals surface area contributed by atoms with Gasteiger partial charge in [-0.05, 0) is 19.3 Å². The molecule has 1 aliphatic carbocycles. The number of aliphatic hydroxyl groups is 1. The molecule has 0 aromatic heterocycles. The van der Waals surface area contributed by atoms with Crippen molar-refractivity contribution in [2.24, 2.45) is 5.73 Å². The summed E-state index contributed by atoms with van der Waals surface area (Å²) >= 11 is 0. The average Bonchev–Trinajstić information content (AvgIpc) is 2.06. The summed E-state index contributed by atoms with van der Waals surface area (Å²) in [7, 11) is 0. The molecule has 1 atom stereocenters. The summed E-state index contributed by atoms with van der Waals surface area (Å²) in [4.78, 5) is 0. The van der Waals surface area contributed by atoms with E-state index in [0.29, 0.717) is 0 Å².